The number of rotatable bonds is 6. The number of ether oxygens (including phenoxy) is 1. The second-order valence-electron chi connectivity index (χ2n) is 4.70. The van der Waals surface area contributed by atoms with Gasteiger partial charge >= 0.3 is 11.9 Å². The number of nitro groups is 1. The highest BCUT2D eigenvalue weighted by molar-refractivity contribution is 7.16. The van der Waals surface area contributed by atoms with Crippen LogP contribution in [-0.2, 0) is 9.53 Å². The minimum Gasteiger partial charge on any atom is -0.464 e. The van der Waals surface area contributed by atoms with Crippen LogP contribution in [0, 0.1) is 10.1 Å². The second-order valence-corrected chi connectivity index (χ2v) is 5.59. The highest BCUT2D eigenvalue weighted by Gasteiger charge is 2.17. The number of anilines is 1. The molecule has 1 N–H and O–H groups in total. The Morgan fingerprint density at radius 1 is 1.42 bits per heavy atom. The molecule has 24 heavy (non-hydrogen) atoms. The molecule has 3 heterocycles. The highest BCUT2D eigenvalue weighted by atomic mass is 32.1. The van der Waals surface area contributed by atoms with Crippen LogP contribution in [0.25, 0.3) is 21.8 Å². The van der Waals surface area contributed by atoms with Crippen molar-refractivity contribution >= 4 is 39.2 Å². The van der Waals surface area contributed by atoms with Gasteiger partial charge in [-0.05, 0) is 17.5 Å². The number of esters is 1. The fourth-order valence-electron chi connectivity index (χ4n) is 2.01. The van der Waals surface area contributed by atoms with Gasteiger partial charge in [-0.3, -0.25) is 14.9 Å². The fraction of sp³-hybridized carbons (Fsp3) is 0.214. The lowest BCUT2D eigenvalue weighted by Gasteiger charge is -2.08. The second kappa shape index (κ2) is 6.62. The maximum absolute atomic E-state index is 10.8. The highest BCUT2D eigenvalue weighted by Crippen LogP contribution is 2.30. The molecule has 0 amide bonds. The van der Waals surface area contributed by atoms with Crippen molar-refractivity contribution in [1.82, 2.24) is 9.97 Å². The summed E-state index contributed by atoms with van der Waals surface area (Å²) in [5.74, 6) is 0.267. The molecule has 0 bridgehead atoms. The van der Waals surface area contributed by atoms with Crippen LogP contribution in [0.4, 0.5) is 11.7 Å². The first kappa shape index (κ1) is 15.9. The van der Waals surface area contributed by atoms with E-state index in [1.54, 1.807) is 0 Å². The lowest BCUT2D eigenvalue weighted by molar-refractivity contribution is -0.401. The first-order valence-electron chi connectivity index (χ1n) is 6.91. The van der Waals surface area contributed by atoms with Crippen molar-refractivity contribution in [2.75, 3.05) is 18.5 Å². The molecule has 0 radical (unpaired) electrons. The number of furan rings is 1. The maximum Gasteiger partial charge on any atom is 0.433 e. The zero-order chi connectivity index (χ0) is 17.1. The summed E-state index contributed by atoms with van der Waals surface area (Å²) in [5, 5.41) is 16.5. The van der Waals surface area contributed by atoms with Crippen LogP contribution in [0.15, 0.2) is 28.0 Å². The molecule has 10 heteroatoms. The summed E-state index contributed by atoms with van der Waals surface area (Å²) >= 11 is 1.42. The third-order valence-electron chi connectivity index (χ3n) is 3.02. The zero-order valence-electron chi connectivity index (χ0n) is 12.5. The normalized spacial score (nSPS) is 10.7. The van der Waals surface area contributed by atoms with E-state index in [0.29, 0.717) is 17.2 Å². The number of carbonyl (C=O) groups is 1. The van der Waals surface area contributed by atoms with Crippen LogP contribution in [-0.4, -0.2) is 34.0 Å². The number of hydrogen-bond acceptors (Lipinski definition) is 9. The van der Waals surface area contributed by atoms with Gasteiger partial charge in [-0.15, -0.1) is 11.3 Å². The molecule has 0 unspecified atom stereocenters. The summed E-state index contributed by atoms with van der Waals surface area (Å²) < 4.78 is 10.0. The molecule has 0 aliphatic carbocycles. The molecular weight excluding hydrogens is 336 g/mol. The van der Waals surface area contributed by atoms with E-state index in [1.807, 2.05) is 11.4 Å². The van der Waals surface area contributed by atoms with E-state index in [0.717, 1.165) is 5.39 Å². The van der Waals surface area contributed by atoms with Crippen LogP contribution >= 0.6 is 11.3 Å². The largest absolute Gasteiger partial charge is 0.464 e. The fourth-order valence-corrected chi connectivity index (χ4v) is 2.77. The van der Waals surface area contributed by atoms with Crippen LogP contribution in [0.2, 0.25) is 0 Å². The van der Waals surface area contributed by atoms with Crippen molar-refractivity contribution in [3.8, 4) is 11.6 Å². The van der Waals surface area contributed by atoms with Gasteiger partial charge in [-0.1, -0.05) is 0 Å². The smallest absolute Gasteiger partial charge is 0.433 e. The van der Waals surface area contributed by atoms with Gasteiger partial charge in [0.15, 0.2) is 11.6 Å². The standard InChI is InChI=1S/C14H12N4O5S/c1-8(19)22-6-5-15-12-9-4-7-24-14(9)17-13(16-12)10-2-3-11(23-10)18(20)21/h2-4,7H,5-6H2,1H3,(H,15,16,17). The summed E-state index contributed by atoms with van der Waals surface area (Å²) in [5.41, 5.74) is 0. The van der Waals surface area contributed by atoms with E-state index in [9.17, 15) is 14.9 Å². The van der Waals surface area contributed by atoms with Crippen LogP contribution in [0.3, 0.4) is 0 Å². The Kier molecular flexibility index (Phi) is 4.38. The molecule has 0 aromatic carbocycles. The molecule has 3 aromatic heterocycles. The van der Waals surface area contributed by atoms with Crippen molar-refractivity contribution < 1.29 is 18.9 Å². The number of nitrogens with one attached hydrogen (secondary N) is 1. The molecule has 0 saturated carbocycles. The number of aromatic nitrogens is 2. The van der Waals surface area contributed by atoms with E-state index < -0.39 is 4.92 Å². The predicted molar refractivity (Wildman–Crippen MR) is 86.9 cm³/mol. The first-order chi connectivity index (χ1) is 11.5. The Morgan fingerprint density at radius 2 is 2.25 bits per heavy atom. The molecule has 0 spiro atoms. The van der Waals surface area contributed by atoms with Gasteiger partial charge in [0.05, 0.1) is 18.0 Å². The zero-order valence-corrected chi connectivity index (χ0v) is 13.3. The molecular formula is C14H12N4O5S. The van der Waals surface area contributed by atoms with Gasteiger partial charge in [-0.2, -0.15) is 0 Å². The van der Waals surface area contributed by atoms with E-state index >= 15 is 0 Å². The SMILES string of the molecule is CC(=O)OCCNc1nc(-c2ccc([N+](=O)[O-])o2)nc2sccc12. The monoisotopic (exact) mass is 348 g/mol. The molecule has 9 nitrogen and oxygen atoms in total. The van der Waals surface area contributed by atoms with Gasteiger partial charge in [0.2, 0.25) is 0 Å². The predicted octanol–water partition coefficient (Wildman–Crippen LogP) is 2.83. The molecule has 0 saturated heterocycles. The molecule has 3 rings (SSSR count). The number of hydrogen-bond donors (Lipinski definition) is 1. The maximum atomic E-state index is 10.8. The van der Waals surface area contributed by atoms with Crippen molar-refractivity contribution in [3.05, 3.63) is 33.7 Å². The topological polar surface area (TPSA) is 120 Å². The van der Waals surface area contributed by atoms with Gasteiger partial charge in [-0.25, -0.2) is 9.97 Å². The Balaban J connectivity index is 1.88. The molecule has 0 aliphatic heterocycles. The summed E-state index contributed by atoms with van der Waals surface area (Å²) in [7, 11) is 0. The number of carbonyl (C=O) groups excluding carboxylic acids is 1. The van der Waals surface area contributed by atoms with Crippen molar-refractivity contribution in [3.63, 3.8) is 0 Å². The Labute approximate surface area is 139 Å². The lowest BCUT2D eigenvalue weighted by atomic mass is 10.3. The van der Waals surface area contributed by atoms with Crippen LogP contribution in [0.1, 0.15) is 6.92 Å². The summed E-state index contributed by atoms with van der Waals surface area (Å²) in [6, 6.07) is 4.57. The average Bonchev–Trinajstić information content (AvgIpc) is 3.19. The van der Waals surface area contributed by atoms with Crippen molar-refractivity contribution in [2.24, 2.45) is 0 Å². The summed E-state index contributed by atoms with van der Waals surface area (Å²) in [6.45, 7) is 1.91. The average molecular weight is 348 g/mol. The third-order valence-corrected chi connectivity index (χ3v) is 3.82. The van der Waals surface area contributed by atoms with Crippen molar-refractivity contribution in [1.29, 1.82) is 0 Å². The molecule has 0 fully saturated rings. The molecule has 3 aromatic rings. The third kappa shape index (κ3) is 3.33. The minimum absolute atomic E-state index is 0.201. The lowest BCUT2D eigenvalue weighted by Crippen LogP contribution is -2.13. The quantitative estimate of drug-likeness (QED) is 0.312. The Hall–Kier alpha value is -3.01. The van der Waals surface area contributed by atoms with Gasteiger partial charge in [0.25, 0.3) is 0 Å². The molecule has 124 valence electrons. The Morgan fingerprint density at radius 3 is 2.96 bits per heavy atom. The van der Waals surface area contributed by atoms with Gasteiger partial charge < -0.3 is 14.5 Å². The minimum atomic E-state index is -0.620. The molecule has 0 atom stereocenters. The van der Waals surface area contributed by atoms with E-state index in [1.165, 1.54) is 30.4 Å². The Bertz CT molecular complexity index is 904. The summed E-state index contributed by atoms with van der Waals surface area (Å²) in [6.07, 6.45) is 0. The van der Waals surface area contributed by atoms with Gasteiger partial charge in [0, 0.05) is 6.92 Å². The van der Waals surface area contributed by atoms with E-state index in [4.69, 9.17) is 9.15 Å². The van der Waals surface area contributed by atoms with Crippen molar-refractivity contribution in [2.45, 2.75) is 6.92 Å². The van der Waals surface area contributed by atoms with E-state index in [2.05, 4.69) is 15.3 Å². The van der Waals surface area contributed by atoms with Gasteiger partial charge in [0.1, 0.15) is 22.2 Å². The van der Waals surface area contributed by atoms with Crippen LogP contribution in [0.5, 0.6) is 0 Å². The van der Waals surface area contributed by atoms with E-state index in [-0.39, 0.29) is 30.0 Å². The summed E-state index contributed by atoms with van der Waals surface area (Å²) in [4.78, 5) is 30.3. The first-order valence-corrected chi connectivity index (χ1v) is 7.79. The number of thiophene rings is 1. The number of nitrogens with zero attached hydrogens (tertiary/aromatic N) is 3. The van der Waals surface area contributed by atoms with Crippen LogP contribution < -0.4 is 5.32 Å². The molecule has 0 aliphatic rings. The number of fused-ring (bicyclic) bond motifs is 1.